The van der Waals surface area contributed by atoms with Crippen LogP contribution in [0.25, 0.3) is 6.08 Å². The number of amides is 1. The Kier molecular flexibility index (Phi) is 10.2. The molecule has 0 radical (unpaired) electrons. The zero-order valence-corrected chi connectivity index (χ0v) is 23.4. The number of benzene rings is 1. The number of thiazole rings is 1. The lowest BCUT2D eigenvalue weighted by atomic mass is 10.2. The highest BCUT2D eigenvalue weighted by Gasteiger charge is 2.22. The highest BCUT2D eigenvalue weighted by atomic mass is 35.5. The molecule has 1 atom stereocenters. The molecule has 1 aliphatic carbocycles. The van der Waals surface area contributed by atoms with Crippen molar-refractivity contribution < 1.29 is 23.8 Å². The van der Waals surface area contributed by atoms with Crippen LogP contribution in [-0.4, -0.2) is 47.6 Å². The second kappa shape index (κ2) is 14.0. The van der Waals surface area contributed by atoms with E-state index in [1.807, 2.05) is 25.1 Å². The van der Waals surface area contributed by atoms with Gasteiger partial charge in [0.25, 0.3) is 11.1 Å². The summed E-state index contributed by atoms with van der Waals surface area (Å²) in [6.07, 6.45) is 9.66. The highest BCUT2D eigenvalue weighted by Crippen LogP contribution is 2.35. The van der Waals surface area contributed by atoms with E-state index < -0.39 is 0 Å². The van der Waals surface area contributed by atoms with Crippen molar-refractivity contribution in [2.45, 2.75) is 39.2 Å². The van der Waals surface area contributed by atoms with Gasteiger partial charge in [-0.1, -0.05) is 29.0 Å². The Morgan fingerprint density at radius 3 is 2.85 bits per heavy atom. The molecule has 2 heterocycles. The predicted octanol–water partition coefficient (Wildman–Crippen LogP) is 5.97. The number of rotatable bonds is 14. The fourth-order valence-corrected chi connectivity index (χ4v) is 4.31. The minimum atomic E-state index is -0.286. The molecule has 1 saturated carbocycles. The zero-order valence-electron chi connectivity index (χ0n) is 21.8. The number of anilines is 1. The van der Waals surface area contributed by atoms with Gasteiger partial charge in [0.15, 0.2) is 0 Å². The van der Waals surface area contributed by atoms with Crippen molar-refractivity contribution in [3.63, 3.8) is 0 Å². The topological polar surface area (TPSA) is 112 Å². The third-order valence-corrected chi connectivity index (χ3v) is 6.79. The molecule has 2 N–H and O–H groups in total. The van der Waals surface area contributed by atoms with Gasteiger partial charge in [-0.3, -0.25) is 9.59 Å². The standard InChI is InChI=1S/C28H31ClN4O5S/c1-3-36-26(34)11-13-31-25-14-20(10-12-30-25)27(35)33-18(2)4-8-22-16-32-28(39-22)38-24-9-7-21(15-23(24)29)37-17-19-5-6-19/h4,7-10,12,14-16,18-19H,3,5-6,11,13,17H2,1-2H3,(H,30,31)(H,33,35)/b8-4+/t18-/m0/s1. The van der Waals surface area contributed by atoms with Gasteiger partial charge in [-0.25, -0.2) is 9.97 Å². The summed E-state index contributed by atoms with van der Waals surface area (Å²) in [4.78, 5) is 33.5. The molecular weight excluding hydrogens is 540 g/mol. The number of carbonyl (C=O) groups excluding carboxylic acids is 2. The summed E-state index contributed by atoms with van der Waals surface area (Å²) in [5.74, 6) is 1.88. The Bertz CT molecular complexity index is 1310. The van der Waals surface area contributed by atoms with Crippen molar-refractivity contribution in [3.05, 3.63) is 64.3 Å². The fraction of sp³-hybridized carbons (Fsp3) is 0.357. The van der Waals surface area contributed by atoms with Crippen molar-refractivity contribution in [2.24, 2.45) is 5.92 Å². The lowest BCUT2D eigenvalue weighted by Gasteiger charge is -2.11. The van der Waals surface area contributed by atoms with Crippen LogP contribution in [-0.2, 0) is 9.53 Å². The van der Waals surface area contributed by atoms with Crippen molar-refractivity contribution in [1.82, 2.24) is 15.3 Å². The van der Waals surface area contributed by atoms with Crippen molar-refractivity contribution in [2.75, 3.05) is 25.1 Å². The predicted molar refractivity (Wildman–Crippen MR) is 152 cm³/mol. The molecule has 9 nitrogen and oxygen atoms in total. The average molecular weight is 571 g/mol. The summed E-state index contributed by atoms with van der Waals surface area (Å²) in [6, 6.07) is 8.40. The van der Waals surface area contributed by atoms with Crippen LogP contribution in [0, 0.1) is 5.92 Å². The van der Waals surface area contributed by atoms with Crippen LogP contribution >= 0.6 is 22.9 Å². The molecular formula is C28H31ClN4O5S. The maximum atomic E-state index is 12.7. The molecule has 0 saturated heterocycles. The summed E-state index contributed by atoms with van der Waals surface area (Å²) in [7, 11) is 0. The van der Waals surface area contributed by atoms with Gasteiger partial charge in [-0.05, 0) is 62.9 Å². The Morgan fingerprint density at radius 1 is 1.23 bits per heavy atom. The minimum absolute atomic E-state index is 0.215. The van der Waals surface area contributed by atoms with Gasteiger partial charge in [-0.15, -0.1) is 0 Å². The first kappa shape index (κ1) is 28.4. The lowest BCUT2D eigenvalue weighted by Crippen LogP contribution is -2.31. The van der Waals surface area contributed by atoms with Gasteiger partial charge < -0.3 is 24.8 Å². The van der Waals surface area contributed by atoms with E-state index in [4.69, 9.17) is 25.8 Å². The quantitative estimate of drug-likeness (QED) is 0.228. The van der Waals surface area contributed by atoms with Crippen molar-refractivity contribution in [1.29, 1.82) is 0 Å². The van der Waals surface area contributed by atoms with E-state index in [0.717, 1.165) is 17.2 Å². The van der Waals surface area contributed by atoms with Gasteiger partial charge in [0.1, 0.15) is 17.3 Å². The van der Waals surface area contributed by atoms with Gasteiger partial charge in [0.2, 0.25) is 0 Å². The van der Waals surface area contributed by atoms with Crippen molar-refractivity contribution >= 4 is 46.7 Å². The number of nitrogens with one attached hydrogen (secondary N) is 2. The molecule has 0 bridgehead atoms. The molecule has 2 aromatic heterocycles. The van der Waals surface area contributed by atoms with Crippen LogP contribution in [0.3, 0.4) is 0 Å². The molecule has 1 amide bonds. The van der Waals surface area contributed by atoms with Crippen LogP contribution < -0.4 is 20.1 Å². The number of hydrogen-bond donors (Lipinski definition) is 2. The molecule has 1 aliphatic rings. The molecule has 4 rings (SSSR count). The van der Waals surface area contributed by atoms with Crippen LogP contribution in [0.5, 0.6) is 16.7 Å². The van der Waals surface area contributed by atoms with Crippen molar-refractivity contribution in [3.8, 4) is 16.7 Å². The van der Waals surface area contributed by atoms with Gasteiger partial charge in [0.05, 0.1) is 29.5 Å². The van der Waals surface area contributed by atoms with Crippen LogP contribution in [0.1, 0.15) is 48.3 Å². The summed E-state index contributed by atoms with van der Waals surface area (Å²) in [5, 5.41) is 6.88. The molecule has 39 heavy (non-hydrogen) atoms. The zero-order chi connectivity index (χ0) is 27.6. The number of esters is 1. The van der Waals surface area contributed by atoms with Gasteiger partial charge in [0, 0.05) is 36.6 Å². The van der Waals surface area contributed by atoms with Crippen LogP contribution in [0.4, 0.5) is 5.82 Å². The van der Waals surface area contributed by atoms with E-state index in [1.54, 1.807) is 43.6 Å². The Labute approximate surface area is 236 Å². The summed E-state index contributed by atoms with van der Waals surface area (Å²) in [5.41, 5.74) is 0.457. The first-order valence-corrected chi connectivity index (χ1v) is 14.0. The van der Waals surface area contributed by atoms with Crippen LogP contribution in [0.15, 0.2) is 48.8 Å². The molecule has 11 heteroatoms. The highest BCUT2D eigenvalue weighted by molar-refractivity contribution is 7.14. The first-order valence-electron chi connectivity index (χ1n) is 12.8. The molecule has 0 unspecified atom stereocenters. The van der Waals surface area contributed by atoms with Crippen LogP contribution in [0.2, 0.25) is 5.02 Å². The molecule has 0 aliphatic heterocycles. The number of halogens is 1. The van der Waals surface area contributed by atoms with E-state index in [2.05, 4.69) is 20.6 Å². The smallest absolute Gasteiger partial charge is 0.307 e. The van der Waals surface area contributed by atoms with E-state index in [-0.39, 0.29) is 24.3 Å². The monoisotopic (exact) mass is 570 g/mol. The Morgan fingerprint density at radius 2 is 2.08 bits per heavy atom. The Balaban J connectivity index is 1.25. The second-order valence-electron chi connectivity index (χ2n) is 9.01. The molecule has 206 valence electrons. The number of ether oxygens (including phenoxy) is 3. The fourth-order valence-electron chi connectivity index (χ4n) is 3.41. The number of aromatic nitrogens is 2. The third kappa shape index (κ3) is 9.26. The van der Waals surface area contributed by atoms with E-state index >= 15 is 0 Å². The minimum Gasteiger partial charge on any atom is -0.493 e. The SMILES string of the molecule is CCOC(=O)CCNc1cc(C(=O)N[C@@H](C)/C=C/c2cnc(Oc3ccc(OCC4CC4)cc3Cl)s2)ccn1. The normalized spacial score (nSPS) is 13.6. The molecule has 3 aromatic rings. The lowest BCUT2D eigenvalue weighted by molar-refractivity contribution is -0.142. The average Bonchev–Trinajstić information content (AvgIpc) is 3.65. The largest absolute Gasteiger partial charge is 0.493 e. The Hall–Kier alpha value is -3.63. The number of hydrogen-bond acceptors (Lipinski definition) is 9. The number of nitrogens with zero attached hydrogens (tertiary/aromatic N) is 2. The summed E-state index contributed by atoms with van der Waals surface area (Å²) in [6.45, 7) is 5.06. The van der Waals surface area contributed by atoms with Gasteiger partial charge in [-0.2, -0.15) is 0 Å². The molecule has 1 aromatic carbocycles. The first-order chi connectivity index (χ1) is 18.9. The van der Waals surface area contributed by atoms with E-state index in [0.29, 0.717) is 46.4 Å². The van der Waals surface area contributed by atoms with E-state index in [1.165, 1.54) is 24.2 Å². The van der Waals surface area contributed by atoms with E-state index in [9.17, 15) is 9.59 Å². The second-order valence-corrected chi connectivity index (χ2v) is 10.4. The number of carbonyl (C=O) groups is 2. The third-order valence-electron chi connectivity index (χ3n) is 5.66. The van der Waals surface area contributed by atoms with Gasteiger partial charge >= 0.3 is 5.97 Å². The summed E-state index contributed by atoms with van der Waals surface area (Å²) < 4.78 is 16.5. The maximum absolute atomic E-state index is 12.7. The summed E-state index contributed by atoms with van der Waals surface area (Å²) >= 11 is 7.73. The number of pyridine rings is 1. The molecule has 1 fully saturated rings. The molecule has 0 spiro atoms. The maximum Gasteiger partial charge on any atom is 0.307 e.